The van der Waals surface area contributed by atoms with E-state index in [9.17, 15) is 0 Å². The molecule has 0 saturated carbocycles. The van der Waals surface area contributed by atoms with Gasteiger partial charge in [-0.15, -0.1) is 0 Å². The molecule has 1 aromatic carbocycles. The molecule has 112 valence electrons. The molecule has 0 fully saturated rings. The summed E-state index contributed by atoms with van der Waals surface area (Å²) in [5.41, 5.74) is 1.12. The molecule has 1 rings (SSSR count). The lowest BCUT2D eigenvalue weighted by molar-refractivity contribution is 0.342. The highest BCUT2D eigenvalue weighted by Gasteiger charge is 2.39. The fourth-order valence-corrected chi connectivity index (χ4v) is 2.67. The third-order valence-corrected chi connectivity index (χ3v) is 8.26. The van der Waals surface area contributed by atoms with Gasteiger partial charge in [-0.05, 0) is 42.6 Å². The van der Waals surface area contributed by atoms with Gasteiger partial charge in [0.25, 0.3) is 0 Å². The first-order valence-electron chi connectivity index (χ1n) is 8.09. The monoisotopic (exact) mass is 294 g/mol. The second kappa shape index (κ2) is 7.09. The van der Waals surface area contributed by atoms with Gasteiger partial charge in [0, 0.05) is 0 Å². The topological polar surface area (TPSA) is 29.5 Å². The molecule has 3 heteroatoms. The molecule has 0 heterocycles. The van der Waals surface area contributed by atoms with Gasteiger partial charge in [0.2, 0.25) is 8.32 Å². The molecular formula is C17H28O2Si. The lowest BCUT2D eigenvalue weighted by Crippen LogP contribution is -2.44. The van der Waals surface area contributed by atoms with Crippen LogP contribution in [0.5, 0.6) is 5.75 Å². The fraction of sp³-hybridized carbons (Fsp3) is 0.529. The predicted molar refractivity (Wildman–Crippen MR) is 88.8 cm³/mol. The number of aryl methyl sites for hydroxylation is 1. The lowest BCUT2D eigenvalue weighted by Gasteiger charge is -2.37. The van der Waals surface area contributed by atoms with Gasteiger partial charge in [-0.2, -0.15) is 0 Å². The summed E-state index contributed by atoms with van der Waals surface area (Å²) in [4.78, 5) is 0. The first kappa shape index (κ1) is 13.9. The van der Waals surface area contributed by atoms with Gasteiger partial charge in [0.15, 0.2) is 0 Å². The molecule has 0 radical (unpaired) electrons. The van der Waals surface area contributed by atoms with Gasteiger partial charge < -0.3 is 9.53 Å². The van der Waals surface area contributed by atoms with Gasteiger partial charge in [-0.3, -0.25) is 0 Å². The summed E-state index contributed by atoms with van der Waals surface area (Å²) in [6.07, 6.45) is 4.28. The zero-order chi connectivity index (χ0) is 17.0. The van der Waals surface area contributed by atoms with Crippen molar-refractivity contribution in [3.63, 3.8) is 0 Å². The van der Waals surface area contributed by atoms with Gasteiger partial charge in [0.1, 0.15) is 5.75 Å². The van der Waals surface area contributed by atoms with E-state index in [2.05, 4.69) is 33.9 Å². The minimum absolute atomic E-state index is 0.146. The van der Waals surface area contributed by atoms with E-state index in [1.165, 1.54) is 6.08 Å². The van der Waals surface area contributed by atoms with Crippen molar-refractivity contribution in [1.82, 2.24) is 0 Å². The van der Waals surface area contributed by atoms with Crippen molar-refractivity contribution in [2.75, 3.05) is 6.56 Å². The van der Waals surface area contributed by atoms with Crippen molar-refractivity contribution < 1.29 is 12.3 Å². The lowest BCUT2D eigenvalue weighted by atomic mass is 10.1. The van der Waals surface area contributed by atoms with Crippen LogP contribution in [0.1, 0.15) is 35.5 Å². The van der Waals surface area contributed by atoms with Crippen molar-refractivity contribution in [2.24, 2.45) is 0 Å². The predicted octanol–water partition coefficient (Wildman–Crippen LogP) is 4.55. The van der Waals surface area contributed by atoms with Crippen LogP contribution in [0.15, 0.2) is 36.4 Å². The van der Waals surface area contributed by atoms with E-state index in [-0.39, 0.29) is 5.04 Å². The Hall–Kier alpha value is -1.06. The number of benzene rings is 1. The smallest absolute Gasteiger partial charge is 0.250 e. The molecular weight excluding hydrogens is 264 g/mol. The fourth-order valence-electron chi connectivity index (χ4n) is 1.61. The number of allylic oxidation sites excluding steroid dienone is 1. The normalized spacial score (nSPS) is 15.1. The van der Waals surface area contributed by atoms with E-state index in [1.54, 1.807) is 6.08 Å². The molecule has 0 saturated heterocycles. The molecule has 1 N–H and O–H groups in total. The van der Waals surface area contributed by atoms with Crippen LogP contribution < -0.4 is 4.43 Å². The highest BCUT2D eigenvalue weighted by molar-refractivity contribution is 6.74. The molecule has 0 bridgehead atoms. The second-order valence-corrected chi connectivity index (χ2v) is 11.3. The summed E-state index contributed by atoms with van der Waals surface area (Å²) in [7, 11) is -1.87. The molecule has 0 aliphatic carbocycles. The van der Waals surface area contributed by atoms with Gasteiger partial charge in [0.05, 0.1) is 9.30 Å². The molecule has 0 aliphatic rings. The van der Waals surface area contributed by atoms with E-state index in [1.807, 2.05) is 24.3 Å². The number of hydrogen-bond donors (Lipinski definition) is 1. The average Bonchev–Trinajstić information content (AvgIpc) is 2.33. The van der Waals surface area contributed by atoms with Crippen LogP contribution in [0.4, 0.5) is 0 Å². The van der Waals surface area contributed by atoms with E-state index in [0.29, 0.717) is 6.42 Å². The Bertz CT molecular complexity index is 514. The first-order chi connectivity index (χ1) is 9.92. The Balaban J connectivity index is 2.81. The van der Waals surface area contributed by atoms with Gasteiger partial charge in [-0.1, -0.05) is 51.1 Å². The van der Waals surface area contributed by atoms with Gasteiger partial charge in [-0.25, -0.2) is 0 Å². The number of rotatable bonds is 6. The summed E-state index contributed by atoms with van der Waals surface area (Å²) in [6.45, 7) is 8.86. The summed E-state index contributed by atoms with van der Waals surface area (Å²) in [6, 6.07) is 8.02. The van der Waals surface area contributed by atoms with E-state index >= 15 is 0 Å². The Morgan fingerprint density at radius 1 is 1.25 bits per heavy atom. The molecule has 1 aromatic rings. The van der Waals surface area contributed by atoms with Crippen LogP contribution in [0.25, 0.3) is 0 Å². The Labute approximate surface area is 127 Å². The third-order valence-electron chi connectivity index (χ3n) is 3.92. The summed E-state index contributed by atoms with van der Waals surface area (Å²) in [5, 5.41) is 9.18. The zero-order valence-corrected chi connectivity index (χ0v) is 14.2. The molecule has 0 aromatic heterocycles. The SMILES string of the molecule is [2H]C([2H])(O)/C=C\CCc1ccccc1O[Si](C)(C)C(C)(C)C. The van der Waals surface area contributed by atoms with Crippen LogP contribution in [0, 0.1) is 0 Å². The van der Waals surface area contributed by atoms with Crippen LogP contribution >= 0.6 is 0 Å². The summed E-state index contributed by atoms with van der Waals surface area (Å²) < 4.78 is 20.5. The van der Waals surface area contributed by atoms with Gasteiger partial charge >= 0.3 is 0 Å². The summed E-state index contributed by atoms with van der Waals surface area (Å²) >= 11 is 0. The maximum absolute atomic E-state index is 9.04. The molecule has 2 nitrogen and oxygen atoms in total. The highest BCUT2D eigenvalue weighted by Crippen LogP contribution is 2.38. The minimum Gasteiger partial charge on any atom is -0.543 e. The van der Waals surface area contributed by atoms with E-state index < -0.39 is 14.9 Å². The Morgan fingerprint density at radius 3 is 2.50 bits per heavy atom. The van der Waals surface area contributed by atoms with Crippen molar-refractivity contribution >= 4 is 8.32 Å². The average molecular weight is 295 g/mol. The van der Waals surface area contributed by atoms with E-state index in [0.717, 1.165) is 17.7 Å². The first-order valence-corrected chi connectivity index (χ1v) is 10.0. The van der Waals surface area contributed by atoms with E-state index in [4.69, 9.17) is 12.3 Å². The van der Waals surface area contributed by atoms with Crippen molar-refractivity contribution in [3.8, 4) is 5.75 Å². The van der Waals surface area contributed by atoms with Crippen LogP contribution in [0.3, 0.4) is 0 Å². The maximum atomic E-state index is 9.04. The van der Waals surface area contributed by atoms with Crippen LogP contribution in [-0.4, -0.2) is 20.0 Å². The van der Waals surface area contributed by atoms with Crippen molar-refractivity contribution in [3.05, 3.63) is 42.0 Å². The Morgan fingerprint density at radius 2 is 1.90 bits per heavy atom. The molecule has 0 aliphatic heterocycles. The molecule has 0 spiro atoms. The number of aliphatic hydroxyl groups is 1. The highest BCUT2D eigenvalue weighted by atomic mass is 28.4. The van der Waals surface area contributed by atoms with Crippen molar-refractivity contribution in [1.29, 1.82) is 0 Å². The zero-order valence-electron chi connectivity index (χ0n) is 15.2. The molecule has 0 atom stereocenters. The number of hydrogen-bond acceptors (Lipinski definition) is 2. The largest absolute Gasteiger partial charge is 0.543 e. The second-order valence-electron chi connectivity index (χ2n) is 6.54. The standard InChI is InChI=1S/C17H28O2Si/c1-17(2,3)20(4,5)19-16-13-9-8-12-15(16)11-7-6-10-14-18/h6,8-10,12-13,18H,7,11,14H2,1-5H3/b10-6-/i14D2. The van der Waals surface area contributed by atoms with Crippen molar-refractivity contribution in [2.45, 2.75) is 51.7 Å². The quantitative estimate of drug-likeness (QED) is 0.616. The van der Waals surface area contributed by atoms with Crippen LogP contribution in [0.2, 0.25) is 18.1 Å². The summed E-state index contributed by atoms with van der Waals surface area (Å²) in [5.74, 6) is 0.925. The van der Waals surface area contributed by atoms with Crippen LogP contribution in [-0.2, 0) is 6.42 Å². The number of para-hydroxylation sites is 1. The molecule has 0 amide bonds. The third kappa shape index (κ3) is 4.80. The Kier molecular flexibility index (Phi) is 4.93. The molecule has 20 heavy (non-hydrogen) atoms. The molecule has 0 unspecified atom stereocenters. The minimum atomic E-state index is -2.24. The maximum Gasteiger partial charge on any atom is 0.250 e.